The van der Waals surface area contributed by atoms with E-state index in [1.165, 1.54) is 38.8 Å². The summed E-state index contributed by atoms with van der Waals surface area (Å²) in [5, 5.41) is 12.8. The average Bonchev–Trinajstić information content (AvgIpc) is 2.98. The van der Waals surface area contributed by atoms with Crippen molar-refractivity contribution in [3.8, 4) is 0 Å². The molecule has 2 aliphatic rings. The number of aliphatic hydroxyl groups excluding tert-OH is 1. The minimum absolute atomic E-state index is 0.267. The first-order chi connectivity index (χ1) is 6.74. The molecule has 0 aromatic carbocycles. The summed E-state index contributed by atoms with van der Waals surface area (Å²) in [6.07, 6.45) is 4.95. The van der Waals surface area contributed by atoms with E-state index in [2.05, 4.69) is 17.3 Å². The molecule has 1 heterocycles. The minimum atomic E-state index is 0.267. The third-order valence-corrected chi connectivity index (χ3v) is 3.78. The second-order valence-electron chi connectivity index (χ2n) is 5.12. The molecule has 0 aromatic rings. The minimum Gasteiger partial charge on any atom is -0.396 e. The van der Waals surface area contributed by atoms with Crippen molar-refractivity contribution in [3.63, 3.8) is 0 Å². The molecule has 2 rings (SSSR count). The van der Waals surface area contributed by atoms with Gasteiger partial charge in [0.2, 0.25) is 0 Å². The highest BCUT2D eigenvalue weighted by molar-refractivity contribution is 4.95. The van der Waals surface area contributed by atoms with Crippen LogP contribution in [0.4, 0.5) is 0 Å². The van der Waals surface area contributed by atoms with Gasteiger partial charge in [-0.05, 0) is 45.8 Å². The van der Waals surface area contributed by atoms with Crippen molar-refractivity contribution in [2.24, 2.45) is 5.41 Å². The fourth-order valence-electron chi connectivity index (χ4n) is 2.14. The number of nitrogens with one attached hydrogen (secondary N) is 1. The van der Waals surface area contributed by atoms with Crippen LogP contribution >= 0.6 is 0 Å². The number of rotatable bonds is 4. The molecule has 2 N–H and O–H groups in total. The van der Waals surface area contributed by atoms with Crippen molar-refractivity contribution < 1.29 is 5.11 Å². The molecule has 1 saturated carbocycles. The molecular weight excluding hydrogens is 176 g/mol. The van der Waals surface area contributed by atoms with Crippen LogP contribution in [0.1, 0.15) is 25.7 Å². The number of aliphatic hydroxyl groups is 1. The Kier molecular flexibility index (Phi) is 3.10. The van der Waals surface area contributed by atoms with E-state index in [0.29, 0.717) is 12.6 Å². The van der Waals surface area contributed by atoms with E-state index >= 15 is 0 Å². The van der Waals surface area contributed by atoms with Crippen molar-refractivity contribution in [2.75, 3.05) is 33.3 Å². The van der Waals surface area contributed by atoms with Crippen LogP contribution in [0.5, 0.6) is 0 Å². The van der Waals surface area contributed by atoms with Crippen LogP contribution in [0.3, 0.4) is 0 Å². The van der Waals surface area contributed by atoms with Gasteiger partial charge in [-0.1, -0.05) is 0 Å². The molecule has 82 valence electrons. The molecule has 3 heteroatoms. The van der Waals surface area contributed by atoms with Crippen LogP contribution in [-0.2, 0) is 0 Å². The third-order valence-electron chi connectivity index (χ3n) is 3.78. The van der Waals surface area contributed by atoms with E-state index in [1.807, 2.05) is 0 Å². The molecular formula is C11H22N2O. The lowest BCUT2D eigenvalue weighted by Crippen LogP contribution is -2.43. The maximum atomic E-state index is 9.18. The van der Waals surface area contributed by atoms with Crippen LogP contribution in [0.2, 0.25) is 0 Å². The van der Waals surface area contributed by atoms with Crippen LogP contribution in [0, 0.1) is 5.41 Å². The monoisotopic (exact) mass is 198 g/mol. The second-order valence-corrected chi connectivity index (χ2v) is 5.12. The van der Waals surface area contributed by atoms with Crippen LogP contribution in [0.15, 0.2) is 0 Å². The van der Waals surface area contributed by atoms with E-state index in [-0.39, 0.29) is 5.41 Å². The highest BCUT2D eigenvalue weighted by atomic mass is 16.3. The maximum absolute atomic E-state index is 9.18. The lowest BCUT2D eigenvalue weighted by molar-refractivity contribution is 0.187. The van der Waals surface area contributed by atoms with Gasteiger partial charge >= 0.3 is 0 Å². The normalized spacial score (nSPS) is 27.9. The Bertz CT molecular complexity index is 184. The standard InChI is InChI=1S/C11H22N2O/c1-13-6-2-10(3-7-13)12-8-11(9-14)4-5-11/h10,12,14H,2-9H2,1H3. The molecule has 1 aliphatic carbocycles. The summed E-state index contributed by atoms with van der Waals surface area (Å²) in [6, 6.07) is 0.690. The molecule has 0 aromatic heterocycles. The predicted octanol–water partition coefficient (Wildman–Crippen LogP) is 0.443. The van der Waals surface area contributed by atoms with Gasteiger partial charge in [-0.2, -0.15) is 0 Å². The smallest absolute Gasteiger partial charge is 0.0499 e. The SMILES string of the molecule is CN1CCC(NCC2(CO)CC2)CC1. The molecule has 0 amide bonds. The van der Waals surface area contributed by atoms with E-state index in [9.17, 15) is 5.11 Å². The molecule has 2 fully saturated rings. The Morgan fingerprint density at radius 1 is 1.36 bits per heavy atom. The summed E-state index contributed by atoms with van der Waals surface area (Å²) in [4.78, 5) is 2.39. The molecule has 0 bridgehead atoms. The zero-order valence-corrected chi connectivity index (χ0v) is 9.13. The largest absolute Gasteiger partial charge is 0.396 e. The Morgan fingerprint density at radius 2 is 2.00 bits per heavy atom. The molecule has 1 saturated heterocycles. The average molecular weight is 198 g/mol. The topological polar surface area (TPSA) is 35.5 Å². The summed E-state index contributed by atoms with van der Waals surface area (Å²) < 4.78 is 0. The molecule has 0 radical (unpaired) electrons. The van der Waals surface area contributed by atoms with Gasteiger partial charge in [0.15, 0.2) is 0 Å². The number of piperidine rings is 1. The number of hydrogen-bond acceptors (Lipinski definition) is 3. The summed E-state index contributed by atoms with van der Waals surface area (Å²) >= 11 is 0. The summed E-state index contributed by atoms with van der Waals surface area (Å²) in [5.74, 6) is 0. The highest BCUT2D eigenvalue weighted by Crippen LogP contribution is 2.44. The zero-order chi connectivity index (χ0) is 10.0. The quantitative estimate of drug-likeness (QED) is 0.688. The first-order valence-electron chi connectivity index (χ1n) is 5.77. The van der Waals surface area contributed by atoms with E-state index < -0.39 is 0 Å². The maximum Gasteiger partial charge on any atom is 0.0499 e. The first-order valence-corrected chi connectivity index (χ1v) is 5.77. The Hall–Kier alpha value is -0.120. The summed E-state index contributed by atoms with van der Waals surface area (Å²) in [5.41, 5.74) is 0.267. The van der Waals surface area contributed by atoms with Gasteiger partial charge in [0.1, 0.15) is 0 Å². The molecule has 0 atom stereocenters. The number of nitrogens with zero attached hydrogens (tertiary/aromatic N) is 1. The molecule has 0 spiro atoms. The van der Waals surface area contributed by atoms with Crippen LogP contribution in [0.25, 0.3) is 0 Å². The van der Waals surface area contributed by atoms with Crippen LogP contribution < -0.4 is 5.32 Å². The second kappa shape index (κ2) is 4.17. The van der Waals surface area contributed by atoms with Gasteiger partial charge in [0, 0.05) is 24.6 Å². The summed E-state index contributed by atoms with van der Waals surface area (Å²) in [7, 11) is 2.19. The van der Waals surface area contributed by atoms with E-state index in [1.54, 1.807) is 0 Å². The lowest BCUT2D eigenvalue weighted by Gasteiger charge is -2.30. The Balaban J connectivity index is 1.66. The molecule has 3 nitrogen and oxygen atoms in total. The van der Waals surface area contributed by atoms with Gasteiger partial charge in [-0.15, -0.1) is 0 Å². The first kappa shape index (κ1) is 10.4. The third kappa shape index (κ3) is 2.47. The van der Waals surface area contributed by atoms with Gasteiger partial charge in [0.05, 0.1) is 0 Å². The van der Waals surface area contributed by atoms with Gasteiger partial charge in [0.25, 0.3) is 0 Å². The van der Waals surface area contributed by atoms with Gasteiger partial charge in [-0.25, -0.2) is 0 Å². The fraction of sp³-hybridized carbons (Fsp3) is 1.00. The lowest BCUT2D eigenvalue weighted by atomic mass is 10.0. The zero-order valence-electron chi connectivity index (χ0n) is 9.13. The van der Waals surface area contributed by atoms with E-state index in [0.717, 1.165) is 6.54 Å². The van der Waals surface area contributed by atoms with Crippen LogP contribution in [-0.4, -0.2) is 49.3 Å². The van der Waals surface area contributed by atoms with Gasteiger partial charge < -0.3 is 15.3 Å². The molecule has 14 heavy (non-hydrogen) atoms. The van der Waals surface area contributed by atoms with Crippen molar-refractivity contribution >= 4 is 0 Å². The van der Waals surface area contributed by atoms with Crippen molar-refractivity contribution in [1.82, 2.24) is 10.2 Å². The van der Waals surface area contributed by atoms with Crippen molar-refractivity contribution in [2.45, 2.75) is 31.7 Å². The predicted molar refractivity (Wildman–Crippen MR) is 57.3 cm³/mol. The summed E-state index contributed by atoms with van der Waals surface area (Å²) in [6.45, 7) is 3.82. The van der Waals surface area contributed by atoms with Crippen molar-refractivity contribution in [3.05, 3.63) is 0 Å². The van der Waals surface area contributed by atoms with E-state index in [4.69, 9.17) is 0 Å². The number of likely N-dealkylation sites (tertiary alicyclic amines) is 1. The highest BCUT2D eigenvalue weighted by Gasteiger charge is 2.41. The Morgan fingerprint density at radius 3 is 2.50 bits per heavy atom. The number of hydrogen-bond donors (Lipinski definition) is 2. The fourth-order valence-corrected chi connectivity index (χ4v) is 2.14. The van der Waals surface area contributed by atoms with Crippen molar-refractivity contribution in [1.29, 1.82) is 0 Å². The Labute approximate surface area is 86.5 Å². The molecule has 1 aliphatic heterocycles. The molecule has 0 unspecified atom stereocenters. The van der Waals surface area contributed by atoms with Gasteiger partial charge in [-0.3, -0.25) is 0 Å².